The number of hydrogen-bond acceptors (Lipinski definition) is 3. The summed E-state index contributed by atoms with van der Waals surface area (Å²) < 4.78 is 0. The number of aromatic nitrogens is 2. The van der Waals surface area contributed by atoms with Gasteiger partial charge in [0.05, 0.1) is 11.4 Å². The summed E-state index contributed by atoms with van der Waals surface area (Å²) in [5.41, 5.74) is 7.91. The number of amides is 1. The van der Waals surface area contributed by atoms with E-state index < -0.39 is 0 Å². The minimum absolute atomic E-state index is 0.127. The molecule has 2 aliphatic rings. The molecule has 0 bridgehead atoms. The highest BCUT2D eigenvalue weighted by Gasteiger charge is 2.31. The Kier molecular flexibility index (Phi) is 3.44. The Morgan fingerprint density at radius 3 is 2.65 bits per heavy atom. The molecule has 4 N–H and O–H groups in total. The van der Waals surface area contributed by atoms with Crippen LogP contribution in [0.4, 0.5) is 5.69 Å². The Morgan fingerprint density at radius 2 is 2.00 bits per heavy atom. The van der Waals surface area contributed by atoms with Crippen molar-refractivity contribution in [2.45, 2.75) is 57.9 Å². The minimum atomic E-state index is -0.127. The number of H-pyrrole nitrogens is 1. The molecule has 0 saturated heterocycles. The molecule has 3 atom stereocenters. The van der Waals surface area contributed by atoms with E-state index in [1.807, 2.05) is 0 Å². The van der Waals surface area contributed by atoms with Gasteiger partial charge in [-0.25, -0.2) is 0 Å². The molecule has 1 aromatic heterocycles. The predicted octanol–water partition coefficient (Wildman–Crippen LogP) is 2.42. The molecular formula is C15H24N4O. The zero-order chi connectivity index (χ0) is 14.3. The summed E-state index contributed by atoms with van der Waals surface area (Å²) in [6, 6.07) is 0.258. The van der Waals surface area contributed by atoms with Crippen molar-refractivity contribution in [1.82, 2.24) is 15.5 Å². The molecule has 3 rings (SSSR count). The van der Waals surface area contributed by atoms with E-state index in [1.165, 1.54) is 6.42 Å². The van der Waals surface area contributed by atoms with E-state index in [-0.39, 0.29) is 11.9 Å². The first kappa shape index (κ1) is 13.5. The van der Waals surface area contributed by atoms with Crippen molar-refractivity contribution in [3.63, 3.8) is 0 Å². The summed E-state index contributed by atoms with van der Waals surface area (Å²) in [5.74, 6) is 1.77. The van der Waals surface area contributed by atoms with Crippen molar-refractivity contribution in [2.24, 2.45) is 11.8 Å². The zero-order valence-corrected chi connectivity index (χ0v) is 12.3. The minimum Gasteiger partial charge on any atom is -0.395 e. The number of nitrogen functional groups attached to an aromatic ring is 1. The summed E-state index contributed by atoms with van der Waals surface area (Å²) in [5, 5.41) is 10.1. The maximum Gasteiger partial charge on any atom is 0.274 e. The average molecular weight is 276 g/mol. The van der Waals surface area contributed by atoms with Gasteiger partial charge in [-0.1, -0.05) is 13.8 Å². The lowest BCUT2D eigenvalue weighted by Crippen LogP contribution is -2.40. The van der Waals surface area contributed by atoms with Gasteiger partial charge in [-0.15, -0.1) is 0 Å². The van der Waals surface area contributed by atoms with Crippen LogP contribution in [0.1, 0.15) is 68.1 Å². The van der Waals surface area contributed by atoms with Crippen LogP contribution < -0.4 is 11.1 Å². The van der Waals surface area contributed by atoms with Crippen molar-refractivity contribution in [3.05, 3.63) is 11.4 Å². The van der Waals surface area contributed by atoms with E-state index in [2.05, 4.69) is 29.4 Å². The summed E-state index contributed by atoms with van der Waals surface area (Å²) in [6.45, 7) is 4.55. The van der Waals surface area contributed by atoms with Crippen molar-refractivity contribution >= 4 is 11.6 Å². The van der Waals surface area contributed by atoms with E-state index in [9.17, 15) is 4.79 Å². The highest BCUT2D eigenvalue weighted by Crippen LogP contribution is 2.42. The van der Waals surface area contributed by atoms with Crippen molar-refractivity contribution in [1.29, 1.82) is 0 Å². The molecule has 2 saturated carbocycles. The number of carbonyl (C=O) groups is 1. The number of nitrogens with one attached hydrogen (secondary N) is 2. The molecule has 0 radical (unpaired) electrons. The lowest BCUT2D eigenvalue weighted by atomic mass is 9.79. The Hall–Kier alpha value is -1.52. The van der Waals surface area contributed by atoms with E-state index in [0.29, 0.717) is 23.2 Å². The molecule has 2 aliphatic carbocycles. The largest absolute Gasteiger partial charge is 0.395 e. The molecule has 5 heteroatoms. The fourth-order valence-electron chi connectivity index (χ4n) is 3.15. The second kappa shape index (κ2) is 5.11. The number of hydrogen-bond donors (Lipinski definition) is 3. The normalized spacial score (nSPS) is 30.2. The van der Waals surface area contributed by atoms with Crippen LogP contribution in [0.2, 0.25) is 0 Å². The molecular weight excluding hydrogens is 252 g/mol. The molecule has 2 fully saturated rings. The molecule has 0 aromatic carbocycles. The fourth-order valence-corrected chi connectivity index (χ4v) is 3.15. The Labute approximate surface area is 119 Å². The second-order valence-electron chi connectivity index (χ2n) is 6.61. The predicted molar refractivity (Wildman–Crippen MR) is 78.4 cm³/mol. The van der Waals surface area contributed by atoms with Crippen LogP contribution in [-0.2, 0) is 0 Å². The summed E-state index contributed by atoms with van der Waals surface area (Å²) in [7, 11) is 0. The standard InChI is InChI=1S/C15H24N4O/c1-8-3-6-11(7-9(8)2)17-15(20)14-12(16)13(18-19-14)10-4-5-10/h8-11H,3-7,16H2,1-2H3,(H,17,20)(H,18,19). The van der Waals surface area contributed by atoms with Crippen LogP contribution in [0, 0.1) is 11.8 Å². The Morgan fingerprint density at radius 1 is 1.25 bits per heavy atom. The molecule has 5 nitrogen and oxygen atoms in total. The van der Waals surface area contributed by atoms with Crippen LogP contribution in [0.3, 0.4) is 0 Å². The number of rotatable bonds is 3. The van der Waals surface area contributed by atoms with Gasteiger partial charge in [0, 0.05) is 12.0 Å². The van der Waals surface area contributed by atoms with Crippen LogP contribution >= 0.6 is 0 Å². The number of nitrogens with two attached hydrogens (primary N) is 1. The fraction of sp³-hybridized carbons (Fsp3) is 0.733. The number of aromatic amines is 1. The average Bonchev–Trinajstić information content (AvgIpc) is 3.17. The summed E-state index contributed by atoms with van der Waals surface area (Å²) in [6.07, 6.45) is 5.57. The number of anilines is 1. The van der Waals surface area contributed by atoms with E-state index in [0.717, 1.165) is 37.3 Å². The van der Waals surface area contributed by atoms with Gasteiger partial charge in [0.1, 0.15) is 0 Å². The number of nitrogens with zero attached hydrogens (tertiary/aromatic N) is 1. The first-order chi connectivity index (χ1) is 9.56. The highest BCUT2D eigenvalue weighted by atomic mass is 16.2. The molecule has 0 aliphatic heterocycles. The summed E-state index contributed by atoms with van der Waals surface area (Å²) in [4.78, 5) is 12.3. The lowest BCUT2D eigenvalue weighted by molar-refractivity contribution is 0.0906. The van der Waals surface area contributed by atoms with Crippen LogP contribution in [-0.4, -0.2) is 22.1 Å². The van der Waals surface area contributed by atoms with Gasteiger partial charge in [0.25, 0.3) is 5.91 Å². The first-order valence-corrected chi connectivity index (χ1v) is 7.70. The van der Waals surface area contributed by atoms with Gasteiger partial charge < -0.3 is 11.1 Å². The second-order valence-corrected chi connectivity index (χ2v) is 6.61. The molecule has 3 unspecified atom stereocenters. The third kappa shape index (κ3) is 2.53. The van der Waals surface area contributed by atoms with Crippen LogP contribution in [0.25, 0.3) is 0 Å². The van der Waals surface area contributed by atoms with E-state index >= 15 is 0 Å². The smallest absolute Gasteiger partial charge is 0.274 e. The molecule has 1 amide bonds. The van der Waals surface area contributed by atoms with Gasteiger partial charge in [0.2, 0.25) is 0 Å². The third-order valence-corrected chi connectivity index (χ3v) is 4.97. The Balaban J connectivity index is 1.64. The van der Waals surface area contributed by atoms with E-state index in [4.69, 9.17) is 5.73 Å². The molecule has 1 aromatic rings. The molecule has 1 heterocycles. The van der Waals surface area contributed by atoms with Crippen LogP contribution in [0.15, 0.2) is 0 Å². The highest BCUT2D eigenvalue weighted by molar-refractivity contribution is 5.97. The quantitative estimate of drug-likeness (QED) is 0.792. The topological polar surface area (TPSA) is 83.8 Å². The molecule has 110 valence electrons. The lowest BCUT2D eigenvalue weighted by Gasteiger charge is -2.32. The van der Waals surface area contributed by atoms with Gasteiger partial charge >= 0.3 is 0 Å². The monoisotopic (exact) mass is 276 g/mol. The van der Waals surface area contributed by atoms with Crippen molar-refractivity contribution < 1.29 is 4.79 Å². The van der Waals surface area contributed by atoms with Crippen molar-refractivity contribution in [3.8, 4) is 0 Å². The first-order valence-electron chi connectivity index (χ1n) is 7.70. The Bertz CT molecular complexity index is 506. The van der Waals surface area contributed by atoms with Crippen molar-refractivity contribution in [2.75, 3.05) is 5.73 Å². The number of carbonyl (C=O) groups excluding carboxylic acids is 1. The van der Waals surface area contributed by atoms with Gasteiger partial charge in [-0.3, -0.25) is 9.89 Å². The van der Waals surface area contributed by atoms with Gasteiger partial charge in [-0.05, 0) is 43.9 Å². The zero-order valence-electron chi connectivity index (χ0n) is 12.3. The molecule has 20 heavy (non-hydrogen) atoms. The third-order valence-electron chi connectivity index (χ3n) is 4.97. The SMILES string of the molecule is CC1CCC(NC(=O)c2n[nH]c(C3CC3)c2N)CC1C. The summed E-state index contributed by atoms with van der Waals surface area (Å²) >= 11 is 0. The van der Waals surface area contributed by atoms with Gasteiger partial charge in [0.15, 0.2) is 5.69 Å². The van der Waals surface area contributed by atoms with Gasteiger partial charge in [-0.2, -0.15) is 5.10 Å². The maximum atomic E-state index is 12.3. The maximum absolute atomic E-state index is 12.3. The molecule has 0 spiro atoms. The van der Waals surface area contributed by atoms with Crippen LogP contribution in [0.5, 0.6) is 0 Å². The van der Waals surface area contributed by atoms with E-state index in [1.54, 1.807) is 0 Å².